The number of ether oxygens (including phenoxy) is 1. The van der Waals surface area contributed by atoms with E-state index in [9.17, 15) is 9.59 Å². The SMILES string of the molecule is CC(=O)Oc1c(-c2cccnc2)c(=O)ccn1C. The third kappa shape index (κ3) is 2.29. The van der Waals surface area contributed by atoms with Crippen molar-refractivity contribution in [2.75, 3.05) is 0 Å². The number of aryl methyl sites for hydroxylation is 1. The highest BCUT2D eigenvalue weighted by Crippen LogP contribution is 2.25. The fourth-order valence-electron chi connectivity index (χ4n) is 1.65. The number of hydrogen-bond acceptors (Lipinski definition) is 4. The van der Waals surface area contributed by atoms with E-state index in [0.29, 0.717) is 11.1 Å². The van der Waals surface area contributed by atoms with Crippen LogP contribution >= 0.6 is 0 Å². The number of esters is 1. The molecule has 0 aliphatic heterocycles. The number of aromatic nitrogens is 2. The average Bonchev–Trinajstić information content (AvgIpc) is 2.35. The van der Waals surface area contributed by atoms with Gasteiger partial charge in [0.05, 0.1) is 5.56 Å². The molecule has 0 fully saturated rings. The minimum atomic E-state index is -0.471. The van der Waals surface area contributed by atoms with Crippen LogP contribution in [0.5, 0.6) is 5.88 Å². The first-order valence-corrected chi connectivity index (χ1v) is 5.38. The Morgan fingerprint density at radius 2 is 2.17 bits per heavy atom. The van der Waals surface area contributed by atoms with Gasteiger partial charge in [0.25, 0.3) is 0 Å². The molecule has 0 unspecified atom stereocenters. The summed E-state index contributed by atoms with van der Waals surface area (Å²) < 4.78 is 6.70. The van der Waals surface area contributed by atoms with Gasteiger partial charge < -0.3 is 9.30 Å². The fraction of sp³-hybridized carbons (Fsp3) is 0.154. The lowest BCUT2D eigenvalue weighted by Gasteiger charge is -2.12. The van der Waals surface area contributed by atoms with Crippen molar-refractivity contribution in [2.45, 2.75) is 6.92 Å². The van der Waals surface area contributed by atoms with E-state index in [1.54, 1.807) is 42.3 Å². The molecule has 0 saturated heterocycles. The summed E-state index contributed by atoms with van der Waals surface area (Å²) >= 11 is 0. The topological polar surface area (TPSA) is 61.2 Å². The van der Waals surface area contributed by atoms with Crippen LogP contribution in [0.1, 0.15) is 6.92 Å². The van der Waals surface area contributed by atoms with Crippen LogP contribution in [-0.2, 0) is 11.8 Å². The Bertz CT molecular complexity index is 632. The number of pyridine rings is 2. The van der Waals surface area contributed by atoms with Crippen molar-refractivity contribution in [1.29, 1.82) is 0 Å². The van der Waals surface area contributed by atoms with E-state index in [1.807, 2.05) is 0 Å². The summed E-state index contributed by atoms with van der Waals surface area (Å²) in [5.41, 5.74) is 0.746. The van der Waals surface area contributed by atoms with E-state index in [0.717, 1.165) is 0 Å². The minimum Gasteiger partial charge on any atom is -0.409 e. The van der Waals surface area contributed by atoms with E-state index >= 15 is 0 Å². The molecule has 0 atom stereocenters. The van der Waals surface area contributed by atoms with Crippen LogP contribution in [0, 0.1) is 0 Å². The van der Waals surface area contributed by atoms with Crippen LogP contribution in [0.2, 0.25) is 0 Å². The van der Waals surface area contributed by atoms with Crippen LogP contribution < -0.4 is 10.2 Å². The zero-order valence-corrected chi connectivity index (χ0v) is 10.1. The molecular weight excluding hydrogens is 232 g/mol. The number of carbonyl (C=O) groups is 1. The van der Waals surface area contributed by atoms with E-state index in [4.69, 9.17) is 4.74 Å². The number of rotatable bonds is 2. The molecular formula is C13H12N2O3. The van der Waals surface area contributed by atoms with Crippen molar-refractivity contribution in [2.24, 2.45) is 7.05 Å². The van der Waals surface area contributed by atoms with Crippen molar-refractivity contribution in [3.05, 3.63) is 47.0 Å². The molecule has 92 valence electrons. The van der Waals surface area contributed by atoms with E-state index < -0.39 is 5.97 Å². The van der Waals surface area contributed by atoms with Crippen LogP contribution in [0.4, 0.5) is 0 Å². The zero-order valence-electron chi connectivity index (χ0n) is 10.1. The van der Waals surface area contributed by atoms with Crippen molar-refractivity contribution >= 4 is 5.97 Å². The molecule has 18 heavy (non-hydrogen) atoms. The van der Waals surface area contributed by atoms with Gasteiger partial charge in [-0.1, -0.05) is 6.07 Å². The maximum atomic E-state index is 11.9. The number of nitrogens with zero attached hydrogens (tertiary/aromatic N) is 2. The van der Waals surface area contributed by atoms with Gasteiger partial charge in [0.2, 0.25) is 5.88 Å². The quantitative estimate of drug-likeness (QED) is 0.748. The molecule has 5 heteroatoms. The highest BCUT2D eigenvalue weighted by molar-refractivity contribution is 5.74. The molecule has 2 heterocycles. The normalized spacial score (nSPS) is 10.1. The lowest BCUT2D eigenvalue weighted by atomic mass is 10.1. The van der Waals surface area contributed by atoms with E-state index in [2.05, 4.69) is 4.98 Å². The van der Waals surface area contributed by atoms with Crippen molar-refractivity contribution in [3.63, 3.8) is 0 Å². The molecule has 0 radical (unpaired) electrons. The molecule has 0 saturated carbocycles. The molecule has 0 spiro atoms. The zero-order chi connectivity index (χ0) is 13.1. The maximum absolute atomic E-state index is 11.9. The van der Waals surface area contributed by atoms with E-state index in [-0.39, 0.29) is 11.3 Å². The molecule has 0 aliphatic carbocycles. The van der Waals surface area contributed by atoms with Gasteiger partial charge >= 0.3 is 5.97 Å². The van der Waals surface area contributed by atoms with Crippen LogP contribution in [0.15, 0.2) is 41.6 Å². The number of carbonyl (C=O) groups excluding carboxylic acids is 1. The van der Waals surface area contributed by atoms with Crippen LogP contribution in [0.3, 0.4) is 0 Å². The average molecular weight is 244 g/mol. The predicted octanol–water partition coefficient (Wildman–Crippen LogP) is 1.37. The summed E-state index contributed by atoms with van der Waals surface area (Å²) in [6.07, 6.45) is 4.73. The molecule has 2 aromatic heterocycles. The van der Waals surface area contributed by atoms with Crippen molar-refractivity contribution in [1.82, 2.24) is 9.55 Å². The second-order valence-electron chi connectivity index (χ2n) is 3.81. The van der Waals surface area contributed by atoms with Crippen molar-refractivity contribution in [3.8, 4) is 17.0 Å². The Morgan fingerprint density at radius 3 is 2.78 bits per heavy atom. The Morgan fingerprint density at radius 1 is 1.39 bits per heavy atom. The highest BCUT2D eigenvalue weighted by Gasteiger charge is 2.14. The first-order chi connectivity index (χ1) is 8.59. The van der Waals surface area contributed by atoms with Gasteiger partial charge in [-0.05, 0) is 6.07 Å². The summed E-state index contributed by atoms with van der Waals surface area (Å²) in [7, 11) is 1.71. The predicted molar refractivity (Wildman–Crippen MR) is 66.2 cm³/mol. The molecule has 2 aromatic rings. The van der Waals surface area contributed by atoms with Gasteiger partial charge in [-0.15, -0.1) is 0 Å². The summed E-state index contributed by atoms with van der Waals surface area (Å²) in [6, 6.07) is 4.89. The summed E-state index contributed by atoms with van der Waals surface area (Å²) in [6.45, 7) is 1.30. The Hall–Kier alpha value is -2.43. The fourth-order valence-corrected chi connectivity index (χ4v) is 1.65. The molecule has 0 aromatic carbocycles. The second kappa shape index (κ2) is 4.83. The lowest BCUT2D eigenvalue weighted by molar-refractivity contribution is -0.132. The van der Waals surface area contributed by atoms with Crippen LogP contribution in [0.25, 0.3) is 11.1 Å². The van der Waals surface area contributed by atoms with Gasteiger partial charge in [0.15, 0.2) is 5.43 Å². The molecule has 0 aliphatic rings. The van der Waals surface area contributed by atoms with Crippen LogP contribution in [-0.4, -0.2) is 15.5 Å². The first-order valence-electron chi connectivity index (χ1n) is 5.38. The second-order valence-corrected chi connectivity index (χ2v) is 3.81. The Kier molecular flexibility index (Phi) is 3.23. The van der Waals surface area contributed by atoms with Gasteiger partial charge in [0.1, 0.15) is 0 Å². The highest BCUT2D eigenvalue weighted by atomic mass is 16.5. The summed E-state index contributed by atoms with van der Waals surface area (Å²) in [5.74, 6) is -0.246. The van der Waals surface area contributed by atoms with Gasteiger partial charge in [-0.2, -0.15) is 0 Å². The molecule has 5 nitrogen and oxygen atoms in total. The standard InChI is InChI=1S/C13H12N2O3/c1-9(16)18-13-12(10-4-3-6-14-8-10)11(17)5-7-15(13)2/h3-8H,1-2H3. The molecule has 0 amide bonds. The maximum Gasteiger partial charge on any atom is 0.309 e. The minimum absolute atomic E-state index is 0.211. The Labute approximate surface area is 104 Å². The Balaban J connectivity index is 2.69. The first kappa shape index (κ1) is 12.0. The molecule has 0 bridgehead atoms. The third-order valence-electron chi connectivity index (χ3n) is 2.42. The molecule has 2 rings (SSSR count). The van der Waals surface area contributed by atoms with Gasteiger partial charge in [0, 0.05) is 44.2 Å². The van der Waals surface area contributed by atoms with E-state index in [1.165, 1.54) is 13.0 Å². The third-order valence-corrected chi connectivity index (χ3v) is 2.42. The smallest absolute Gasteiger partial charge is 0.309 e. The van der Waals surface area contributed by atoms with Crippen molar-refractivity contribution < 1.29 is 9.53 Å². The van der Waals surface area contributed by atoms with Gasteiger partial charge in [-0.25, -0.2) is 0 Å². The monoisotopic (exact) mass is 244 g/mol. The largest absolute Gasteiger partial charge is 0.409 e. The molecule has 0 N–H and O–H groups in total. The summed E-state index contributed by atoms with van der Waals surface area (Å²) in [5, 5.41) is 0. The number of hydrogen-bond donors (Lipinski definition) is 0. The summed E-state index contributed by atoms with van der Waals surface area (Å²) in [4.78, 5) is 27.0. The lowest BCUT2D eigenvalue weighted by Crippen LogP contribution is -2.15. The van der Waals surface area contributed by atoms with Gasteiger partial charge in [-0.3, -0.25) is 14.6 Å².